The maximum absolute atomic E-state index is 10.4. The van der Waals surface area contributed by atoms with Crippen molar-refractivity contribution < 1.29 is 5.11 Å². The molecule has 0 fully saturated rings. The molecule has 0 aromatic heterocycles. The van der Waals surface area contributed by atoms with Gasteiger partial charge < -0.3 is 10.4 Å². The summed E-state index contributed by atoms with van der Waals surface area (Å²) >= 11 is 0. The van der Waals surface area contributed by atoms with Crippen LogP contribution < -0.4 is 5.32 Å². The Morgan fingerprint density at radius 1 is 0.913 bits per heavy atom. The van der Waals surface area contributed by atoms with Crippen LogP contribution in [0.1, 0.15) is 49.5 Å². The van der Waals surface area contributed by atoms with E-state index >= 15 is 0 Å². The lowest BCUT2D eigenvalue weighted by Gasteiger charge is -2.17. The number of hydrogen-bond donors (Lipinski definition) is 2. The number of aliphatic hydroxyl groups excluding tert-OH is 1. The van der Waals surface area contributed by atoms with Gasteiger partial charge >= 0.3 is 0 Å². The Kier molecular flexibility index (Phi) is 6.42. The first-order chi connectivity index (χ1) is 11.1. The zero-order valence-electron chi connectivity index (χ0n) is 14.2. The van der Waals surface area contributed by atoms with Crippen LogP contribution >= 0.6 is 0 Å². The quantitative estimate of drug-likeness (QED) is 0.698. The second kappa shape index (κ2) is 8.54. The van der Waals surface area contributed by atoms with Crippen molar-refractivity contribution in [1.82, 2.24) is 0 Å². The highest BCUT2D eigenvalue weighted by Crippen LogP contribution is 2.23. The Labute approximate surface area is 139 Å². The molecule has 2 nitrogen and oxygen atoms in total. The first kappa shape index (κ1) is 17.3. The molecule has 2 rings (SSSR count). The molecule has 0 heterocycles. The third-order valence-corrected chi connectivity index (χ3v) is 3.96. The molecule has 0 saturated carbocycles. The number of rotatable bonds is 8. The summed E-state index contributed by atoms with van der Waals surface area (Å²) in [6.07, 6.45) is 3.73. The molecule has 0 radical (unpaired) electrons. The van der Waals surface area contributed by atoms with Crippen LogP contribution in [0.2, 0.25) is 0 Å². The number of aliphatic hydroxyl groups is 1. The monoisotopic (exact) mass is 309 g/mol. The van der Waals surface area contributed by atoms with Crippen LogP contribution in [0.5, 0.6) is 0 Å². The summed E-state index contributed by atoms with van der Waals surface area (Å²) in [6.45, 7) is 8.33. The average Bonchev–Trinajstić information content (AvgIpc) is 2.57. The van der Waals surface area contributed by atoms with E-state index in [4.69, 9.17) is 0 Å². The number of nitrogens with one attached hydrogen (secondary N) is 1. The molecule has 1 unspecified atom stereocenters. The minimum absolute atomic E-state index is 0.594. The topological polar surface area (TPSA) is 32.3 Å². The van der Waals surface area contributed by atoms with Gasteiger partial charge in [0.1, 0.15) is 6.10 Å². The van der Waals surface area contributed by atoms with Crippen molar-refractivity contribution in [3.63, 3.8) is 0 Å². The van der Waals surface area contributed by atoms with Gasteiger partial charge in [-0.2, -0.15) is 0 Å². The van der Waals surface area contributed by atoms with Crippen molar-refractivity contribution in [3.8, 4) is 0 Å². The molecule has 0 amide bonds. The van der Waals surface area contributed by atoms with Crippen molar-refractivity contribution in [3.05, 3.63) is 77.5 Å². The van der Waals surface area contributed by atoms with E-state index < -0.39 is 6.10 Å². The minimum Gasteiger partial charge on any atom is -0.382 e. The van der Waals surface area contributed by atoms with Crippen molar-refractivity contribution in [1.29, 1.82) is 0 Å². The third kappa shape index (κ3) is 4.97. The zero-order chi connectivity index (χ0) is 16.7. The van der Waals surface area contributed by atoms with Crippen LogP contribution in [0.4, 0.5) is 5.69 Å². The minimum atomic E-state index is -0.707. The molecule has 0 aliphatic carbocycles. The zero-order valence-corrected chi connectivity index (χ0v) is 14.2. The van der Waals surface area contributed by atoms with E-state index in [1.165, 1.54) is 11.1 Å². The van der Waals surface area contributed by atoms with Gasteiger partial charge in [-0.15, -0.1) is 0 Å². The van der Waals surface area contributed by atoms with Crippen LogP contribution in [0, 0.1) is 0 Å². The Morgan fingerprint density at radius 3 is 1.87 bits per heavy atom. The van der Waals surface area contributed by atoms with E-state index in [1.807, 2.05) is 24.3 Å². The Bertz CT molecular complexity index is 613. The lowest BCUT2D eigenvalue weighted by atomic mass is 10.0. The molecule has 122 valence electrons. The van der Waals surface area contributed by atoms with Crippen molar-refractivity contribution in [2.45, 2.75) is 45.6 Å². The van der Waals surface area contributed by atoms with E-state index in [1.54, 1.807) is 0 Å². The highest BCUT2D eigenvalue weighted by Gasteiger charge is 2.11. The normalized spacial score (nSPS) is 12.0. The Morgan fingerprint density at radius 2 is 1.39 bits per heavy atom. The van der Waals surface area contributed by atoms with Crippen LogP contribution in [0.15, 0.2) is 60.8 Å². The van der Waals surface area contributed by atoms with E-state index in [9.17, 15) is 5.11 Å². The second-order valence-corrected chi connectivity index (χ2v) is 5.99. The van der Waals surface area contributed by atoms with E-state index in [2.05, 4.69) is 50.0 Å². The molecule has 2 heteroatoms. The van der Waals surface area contributed by atoms with Crippen LogP contribution in [-0.2, 0) is 12.8 Å². The molecular formula is C21H27NO. The fraction of sp³-hybridized carbons (Fsp3) is 0.333. The molecule has 23 heavy (non-hydrogen) atoms. The summed E-state index contributed by atoms with van der Waals surface area (Å²) < 4.78 is 0. The molecule has 2 aromatic rings. The highest BCUT2D eigenvalue weighted by atomic mass is 16.3. The maximum atomic E-state index is 10.4. The summed E-state index contributed by atoms with van der Waals surface area (Å²) in [5.41, 5.74) is 5.04. The molecule has 0 saturated heterocycles. The van der Waals surface area contributed by atoms with E-state index in [0.29, 0.717) is 5.70 Å². The molecule has 0 spiro atoms. The van der Waals surface area contributed by atoms with Crippen molar-refractivity contribution in [2.24, 2.45) is 0 Å². The first-order valence-electron chi connectivity index (χ1n) is 8.45. The lowest BCUT2D eigenvalue weighted by molar-refractivity contribution is 0.217. The van der Waals surface area contributed by atoms with Gasteiger partial charge in [-0.3, -0.25) is 0 Å². The van der Waals surface area contributed by atoms with Gasteiger partial charge in [-0.25, -0.2) is 0 Å². The summed E-state index contributed by atoms with van der Waals surface area (Å²) in [5, 5.41) is 13.7. The van der Waals surface area contributed by atoms with Crippen LogP contribution in [0.25, 0.3) is 0 Å². The largest absolute Gasteiger partial charge is 0.382 e. The molecule has 1 atom stereocenters. The van der Waals surface area contributed by atoms with Crippen molar-refractivity contribution in [2.75, 3.05) is 5.32 Å². The second-order valence-electron chi connectivity index (χ2n) is 5.99. The van der Waals surface area contributed by atoms with Crippen molar-refractivity contribution >= 4 is 5.69 Å². The number of benzene rings is 2. The van der Waals surface area contributed by atoms with Crippen LogP contribution in [-0.4, -0.2) is 5.11 Å². The smallest absolute Gasteiger partial charge is 0.118 e. The van der Waals surface area contributed by atoms with Gasteiger partial charge in [0.05, 0.1) is 0 Å². The lowest BCUT2D eigenvalue weighted by Crippen LogP contribution is -2.09. The van der Waals surface area contributed by atoms with E-state index in [-0.39, 0.29) is 0 Å². The van der Waals surface area contributed by atoms with Crippen LogP contribution in [0.3, 0.4) is 0 Å². The Hall–Kier alpha value is -2.06. The van der Waals surface area contributed by atoms with Gasteiger partial charge in [0.15, 0.2) is 0 Å². The van der Waals surface area contributed by atoms with Gasteiger partial charge in [0.25, 0.3) is 0 Å². The summed E-state index contributed by atoms with van der Waals surface area (Å²) in [6, 6.07) is 16.4. The van der Waals surface area contributed by atoms with Gasteiger partial charge in [-0.1, -0.05) is 69.7 Å². The molecule has 0 aliphatic rings. The van der Waals surface area contributed by atoms with Gasteiger partial charge in [0.2, 0.25) is 0 Å². The Balaban J connectivity index is 1.98. The fourth-order valence-corrected chi connectivity index (χ4v) is 2.65. The number of anilines is 1. The molecular weight excluding hydrogens is 282 g/mol. The van der Waals surface area contributed by atoms with Gasteiger partial charge in [0, 0.05) is 11.4 Å². The average molecular weight is 309 g/mol. The summed E-state index contributed by atoms with van der Waals surface area (Å²) in [4.78, 5) is 0. The highest BCUT2D eigenvalue weighted by molar-refractivity contribution is 5.50. The molecule has 2 N–H and O–H groups in total. The first-order valence-corrected chi connectivity index (χ1v) is 8.45. The standard InChI is InChI=1S/C21H27NO/c1-4-6-17-8-12-19(13-9-17)21(23)16(3)22-20-14-10-18(7-5-2)11-15-20/h8-15,21-23H,3-7H2,1-2H3. The predicted molar refractivity (Wildman–Crippen MR) is 98.6 cm³/mol. The number of aryl methyl sites for hydroxylation is 2. The molecule has 0 bridgehead atoms. The summed E-state index contributed by atoms with van der Waals surface area (Å²) in [5.74, 6) is 0. The SMILES string of the molecule is C=C(Nc1ccc(CCC)cc1)C(O)c1ccc(CCC)cc1. The fourth-order valence-electron chi connectivity index (χ4n) is 2.65. The summed E-state index contributed by atoms with van der Waals surface area (Å²) in [7, 11) is 0. The molecule has 2 aromatic carbocycles. The van der Waals surface area contributed by atoms with Gasteiger partial charge in [-0.05, 0) is 41.7 Å². The maximum Gasteiger partial charge on any atom is 0.118 e. The van der Waals surface area contributed by atoms with E-state index in [0.717, 1.165) is 36.9 Å². The third-order valence-electron chi connectivity index (χ3n) is 3.96. The molecule has 0 aliphatic heterocycles. The predicted octanol–water partition coefficient (Wildman–Crippen LogP) is 5.25. The number of hydrogen-bond acceptors (Lipinski definition) is 2.